The van der Waals surface area contributed by atoms with Crippen molar-refractivity contribution in [3.05, 3.63) is 20.8 Å². The summed E-state index contributed by atoms with van der Waals surface area (Å²) in [5.41, 5.74) is 3.12. The topological polar surface area (TPSA) is 0 Å². The van der Waals surface area contributed by atoms with Crippen molar-refractivity contribution in [3.8, 4) is 0 Å². The van der Waals surface area contributed by atoms with E-state index in [1.165, 1.54) is 12.0 Å². The Hall–Kier alpha value is 0.279. The molecule has 0 spiro atoms. The zero-order valence-corrected chi connectivity index (χ0v) is 11.1. The summed E-state index contributed by atoms with van der Waals surface area (Å²) in [7, 11) is 0. The Labute approximate surface area is 74.3 Å². The summed E-state index contributed by atoms with van der Waals surface area (Å²) in [4.78, 5) is 7.50. The maximum atomic E-state index is 2.50. The summed E-state index contributed by atoms with van der Waals surface area (Å²) in [6.07, 6.45) is 3.64. The normalized spacial score (nSPS) is 19.2. The second-order valence-electron chi connectivity index (χ2n) is 4.44. The molecule has 0 nitrogen and oxygen atoms in total. The van der Waals surface area contributed by atoms with Gasteiger partial charge in [-0.1, -0.05) is 0 Å². The molecule has 0 amide bonds. The molecular weight excluding hydrogens is 239 g/mol. The van der Waals surface area contributed by atoms with E-state index in [-0.39, 0.29) is 0 Å². The Morgan fingerprint density at radius 1 is 1.18 bits per heavy atom. The van der Waals surface area contributed by atoms with Crippen molar-refractivity contribution in [2.75, 3.05) is 0 Å². The first kappa shape index (κ1) is 9.37. The second kappa shape index (κ2) is 2.96. The van der Waals surface area contributed by atoms with Crippen LogP contribution in [0.1, 0.15) is 20.3 Å². The third kappa shape index (κ3) is 1.90. The van der Waals surface area contributed by atoms with Gasteiger partial charge in [0, 0.05) is 0 Å². The van der Waals surface area contributed by atoms with Crippen LogP contribution in [0.2, 0.25) is 14.8 Å². The van der Waals surface area contributed by atoms with Crippen LogP contribution in [0.3, 0.4) is 0 Å². The van der Waals surface area contributed by atoms with Gasteiger partial charge in [-0.3, -0.25) is 0 Å². The molecule has 0 fully saturated rings. The molecule has 0 aromatic rings. The quantitative estimate of drug-likeness (QED) is 0.630. The Bertz CT molecular complexity index is 226. The van der Waals surface area contributed by atoms with Crippen molar-refractivity contribution in [3.63, 3.8) is 0 Å². The summed E-state index contributed by atoms with van der Waals surface area (Å²) in [5, 5.41) is 0. The average Bonchev–Trinajstić information content (AvgIpc) is 2.11. The van der Waals surface area contributed by atoms with Gasteiger partial charge < -0.3 is 0 Å². The van der Waals surface area contributed by atoms with Crippen molar-refractivity contribution in [2.24, 2.45) is 0 Å². The van der Waals surface area contributed by atoms with Crippen molar-refractivity contribution >= 4 is 18.4 Å². The molecule has 62 valence electrons. The molecule has 0 aromatic heterocycles. The molecule has 0 bridgehead atoms. The van der Waals surface area contributed by atoms with Gasteiger partial charge in [0.15, 0.2) is 0 Å². The van der Waals surface area contributed by atoms with Gasteiger partial charge in [0.05, 0.1) is 0 Å². The van der Waals surface area contributed by atoms with Crippen LogP contribution in [0.15, 0.2) is 20.8 Å². The number of hydrogen-bond donors (Lipinski definition) is 0. The van der Waals surface area contributed by atoms with Crippen molar-refractivity contribution in [1.82, 2.24) is 0 Å². The SMILES string of the molecule is CC1=CC[C]([Sn]([CH3])([CH3])[CH3])=C1C. The Kier molecular flexibility index (Phi) is 2.52. The third-order valence-corrected chi connectivity index (χ3v) is 9.38. The molecule has 0 aliphatic heterocycles. The third-order valence-electron chi connectivity index (χ3n) is 2.56. The van der Waals surface area contributed by atoms with E-state index in [4.69, 9.17) is 0 Å². The van der Waals surface area contributed by atoms with Gasteiger partial charge in [-0.2, -0.15) is 0 Å². The van der Waals surface area contributed by atoms with E-state index in [1.54, 1.807) is 5.57 Å². The molecule has 0 heterocycles. The molecule has 1 aliphatic rings. The molecule has 0 unspecified atom stereocenters. The van der Waals surface area contributed by atoms with Gasteiger partial charge in [-0.25, -0.2) is 0 Å². The van der Waals surface area contributed by atoms with E-state index in [2.05, 4.69) is 34.7 Å². The van der Waals surface area contributed by atoms with Crippen LogP contribution in [0.25, 0.3) is 0 Å². The monoisotopic (exact) mass is 258 g/mol. The van der Waals surface area contributed by atoms with Gasteiger partial charge in [-0.15, -0.1) is 0 Å². The van der Waals surface area contributed by atoms with Crippen molar-refractivity contribution < 1.29 is 0 Å². The number of allylic oxidation sites excluding steroid dienone is 4. The fourth-order valence-corrected chi connectivity index (χ4v) is 7.48. The van der Waals surface area contributed by atoms with Crippen LogP contribution >= 0.6 is 0 Å². The summed E-state index contributed by atoms with van der Waals surface area (Å²) >= 11 is -1.70. The second-order valence-corrected chi connectivity index (χ2v) is 19.0. The molecule has 0 saturated heterocycles. The van der Waals surface area contributed by atoms with E-state index in [9.17, 15) is 0 Å². The van der Waals surface area contributed by atoms with Gasteiger partial charge >= 0.3 is 74.3 Å². The van der Waals surface area contributed by atoms with E-state index < -0.39 is 18.4 Å². The Morgan fingerprint density at radius 2 is 1.73 bits per heavy atom. The Morgan fingerprint density at radius 3 is 1.91 bits per heavy atom. The van der Waals surface area contributed by atoms with Gasteiger partial charge in [-0.05, 0) is 0 Å². The van der Waals surface area contributed by atoms with Crippen LogP contribution in [0.5, 0.6) is 0 Å². The molecule has 11 heavy (non-hydrogen) atoms. The predicted octanol–water partition coefficient (Wildman–Crippen LogP) is 3.53. The van der Waals surface area contributed by atoms with E-state index in [1.807, 2.05) is 3.59 Å². The summed E-state index contributed by atoms with van der Waals surface area (Å²) in [6, 6.07) is 0. The van der Waals surface area contributed by atoms with E-state index >= 15 is 0 Å². The molecular formula is C10H18Sn. The fourth-order valence-electron chi connectivity index (χ4n) is 1.67. The zero-order valence-electron chi connectivity index (χ0n) is 8.28. The fraction of sp³-hybridized carbons (Fsp3) is 0.600. The summed E-state index contributed by atoms with van der Waals surface area (Å²) in [6.45, 7) is 4.52. The first-order valence-electron chi connectivity index (χ1n) is 4.30. The zero-order chi connectivity index (χ0) is 8.65. The average molecular weight is 257 g/mol. The predicted molar refractivity (Wildman–Crippen MR) is 54.4 cm³/mol. The number of hydrogen-bond acceptors (Lipinski definition) is 0. The minimum absolute atomic E-state index is 1.26. The maximum absolute atomic E-state index is 2.50. The standard InChI is InChI=1S/C7H9.3CH3.Sn/c1-6-4-3-5-7(6)2;;;;/h4H,3H2,1-2H3;3*1H3;. The number of rotatable bonds is 1. The summed E-state index contributed by atoms with van der Waals surface area (Å²) in [5.74, 6) is 0. The molecule has 0 N–H and O–H groups in total. The molecule has 0 radical (unpaired) electrons. The van der Waals surface area contributed by atoms with Crippen molar-refractivity contribution in [1.29, 1.82) is 0 Å². The molecule has 1 rings (SSSR count). The van der Waals surface area contributed by atoms with Crippen LogP contribution in [-0.2, 0) is 0 Å². The molecule has 0 aromatic carbocycles. The van der Waals surface area contributed by atoms with Gasteiger partial charge in [0.2, 0.25) is 0 Å². The van der Waals surface area contributed by atoms with Crippen molar-refractivity contribution in [2.45, 2.75) is 35.1 Å². The molecule has 0 saturated carbocycles. The first-order valence-corrected chi connectivity index (χ1v) is 14.3. The van der Waals surface area contributed by atoms with Crippen LogP contribution in [0.4, 0.5) is 0 Å². The summed E-state index contributed by atoms with van der Waals surface area (Å²) < 4.78 is 1.82. The van der Waals surface area contributed by atoms with Gasteiger partial charge in [0.1, 0.15) is 0 Å². The first-order chi connectivity index (χ1) is 4.93. The molecule has 1 heteroatoms. The Balaban J connectivity index is 2.95. The minimum atomic E-state index is -1.70. The van der Waals surface area contributed by atoms with Gasteiger partial charge in [0.25, 0.3) is 0 Å². The van der Waals surface area contributed by atoms with Crippen LogP contribution in [0, 0.1) is 0 Å². The van der Waals surface area contributed by atoms with E-state index in [0.29, 0.717) is 0 Å². The van der Waals surface area contributed by atoms with Crippen LogP contribution < -0.4 is 0 Å². The van der Waals surface area contributed by atoms with E-state index in [0.717, 1.165) is 0 Å². The van der Waals surface area contributed by atoms with Crippen LogP contribution in [-0.4, -0.2) is 18.4 Å². The molecule has 1 aliphatic carbocycles. The molecule has 0 atom stereocenters.